The Morgan fingerprint density at radius 3 is 2.00 bits per heavy atom. The lowest BCUT2D eigenvalue weighted by molar-refractivity contribution is -0.217. The minimum absolute atomic E-state index is 0.479. The zero-order valence-electron chi connectivity index (χ0n) is 9.68. The van der Waals surface area contributed by atoms with Gasteiger partial charge < -0.3 is 4.74 Å². The molecule has 0 spiro atoms. The lowest BCUT2D eigenvalue weighted by Gasteiger charge is -2.61. The average Bonchev–Trinajstić information content (AvgIpc) is 1.98. The molecule has 0 radical (unpaired) electrons. The van der Waals surface area contributed by atoms with Gasteiger partial charge >= 0.3 is 0 Å². The van der Waals surface area contributed by atoms with Gasteiger partial charge in [0.05, 0.1) is 12.2 Å². The van der Waals surface area contributed by atoms with Gasteiger partial charge in [-0.05, 0) is 48.9 Å². The molecule has 0 N–H and O–H groups in total. The number of hydrogen-bond acceptors (Lipinski definition) is 1. The van der Waals surface area contributed by atoms with Crippen molar-refractivity contribution in [3.05, 3.63) is 0 Å². The molecule has 2 heterocycles. The van der Waals surface area contributed by atoms with Crippen LogP contribution in [0.25, 0.3) is 0 Å². The molecule has 4 rings (SSSR count). The van der Waals surface area contributed by atoms with Gasteiger partial charge in [-0.25, -0.2) is 0 Å². The van der Waals surface area contributed by atoms with Crippen molar-refractivity contribution in [1.82, 2.24) is 0 Å². The van der Waals surface area contributed by atoms with E-state index in [1.54, 1.807) is 0 Å². The zero-order chi connectivity index (χ0) is 9.97. The van der Waals surface area contributed by atoms with Crippen LogP contribution in [-0.2, 0) is 4.74 Å². The van der Waals surface area contributed by atoms with Crippen LogP contribution >= 0.6 is 0 Å². The number of hydrogen-bond donors (Lipinski definition) is 0. The maximum absolute atomic E-state index is 6.04. The summed E-state index contributed by atoms with van der Waals surface area (Å²) in [6, 6.07) is 0. The van der Waals surface area contributed by atoms with Crippen LogP contribution in [0.3, 0.4) is 0 Å². The SMILES string of the molecule is CC(C)(C)C12CC3CC(C1)OC(C3)C2. The Bertz CT molecular complexity index is 213. The van der Waals surface area contributed by atoms with Gasteiger partial charge in [-0.1, -0.05) is 20.8 Å². The zero-order valence-corrected chi connectivity index (χ0v) is 9.68. The first kappa shape index (κ1) is 9.21. The van der Waals surface area contributed by atoms with Gasteiger partial charge in [0, 0.05) is 0 Å². The lowest BCUT2D eigenvalue weighted by atomic mass is 9.50. The monoisotopic (exact) mass is 194 g/mol. The molecule has 2 saturated heterocycles. The molecule has 4 fully saturated rings. The molecule has 2 atom stereocenters. The van der Waals surface area contributed by atoms with Crippen molar-refractivity contribution in [3.63, 3.8) is 0 Å². The van der Waals surface area contributed by atoms with E-state index < -0.39 is 0 Å². The maximum atomic E-state index is 6.04. The molecule has 0 aromatic carbocycles. The molecule has 1 heteroatoms. The van der Waals surface area contributed by atoms with Gasteiger partial charge in [0.2, 0.25) is 0 Å². The minimum Gasteiger partial charge on any atom is -0.375 e. The second kappa shape index (κ2) is 2.55. The fraction of sp³-hybridized carbons (Fsp3) is 1.00. The normalized spacial score (nSPS) is 51.2. The van der Waals surface area contributed by atoms with E-state index in [-0.39, 0.29) is 0 Å². The average molecular weight is 194 g/mol. The van der Waals surface area contributed by atoms with Gasteiger partial charge in [-0.3, -0.25) is 0 Å². The molecule has 0 aromatic heterocycles. The fourth-order valence-electron chi connectivity index (χ4n) is 4.25. The van der Waals surface area contributed by atoms with Crippen LogP contribution < -0.4 is 0 Å². The molecule has 2 unspecified atom stereocenters. The molecule has 1 nitrogen and oxygen atoms in total. The highest BCUT2D eigenvalue weighted by Crippen LogP contribution is 2.61. The van der Waals surface area contributed by atoms with E-state index in [4.69, 9.17) is 4.74 Å². The first-order valence-corrected chi connectivity index (χ1v) is 6.14. The molecular formula is C13H22O. The Morgan fingerprint density at radius 1 is 1.00 bits per heavy atom. The van der Waals surface area contributed by atoms with E-state index in [0.717, 1.165) is 5.92 Å². The topological polar surface area (TPSA) is 9.23 Å². The van der Waals surface area contributed by atoms with Crippen molar-refractivity contribution in [2.45, 2.75) is 65.1 Å². The maximum Gasteiger partial charge on any atom is 0.0587 e. The van der Waals surface area contributed by atoms with Crippen LogP contribution in [0.4, 0.5) is 0 Å². The first-order valence-electron chi connectivity index (χ1n) is 6.14. The van der Waals surface area contributed by atoms with Gasteiger partial charge in [-0.2, -0.15) is 0 Å². The van der Waals surface area contributed by atoms with Crippen LogP contribution in [0.1, 0.15) is 52.9 Å². The summed E-state index contributed by atoms with van der Waals surface area (Å²) in [6.45, 7) is 7.29. The summed E-state index contributed by atoms with van der Waals surface area (Å²) in [4.78, 5) is 0. The number of rotatable bonds is 0. The molecule has 14 heavy (non-hydrogen) atoms. The van der Waals surface area contributed by atoms with E-state index >= 15 is 0 Å². The highest BCUT2D eigenvalue weighted by molar-refractivity contribution is 5.05. The minimum atomic E-state index is 0.479. The Kier molecular flexibility index (Phi) is 1.68. The lowest BCUT2D eigenvalue weighted by Crippen LogP contribution is -2.56. The largest absolute Gasteiger partial charge is 0.375 e. The molecule has 2 aliphatic carbocycles. The van der Waals surface area contributed by atoms with Crippen LogP contribution in [-0.4, -0.2) is 12.2 Å². The standard InChI is InChI=1S/C13H22O/c1-12(2,3)13-6-9-4-10(7-13)14-11(5-9)8-13/h9-11H,4-8H2,1-3H3. The Morgan fingerprint density at radius 2 is 1.57 bits per heavy atom. The second-order valence-corrected chi connectivity index (χ2v) is 6.86. The van der Waals surface area contributed by atoms with Crippen LogP contribution in [0.2, 0.25) is 0 Å². The third kappa shape index (κ3) is 1.11. The summed E-state index contributed by atoms with van der Waals surface area (Å²) in [6.07, 6.45) is 8.09. The van der Waals surface area contributed by atoms with Crippen molar-refractivity contribution in [1.29, 1.82) is 0 Å². The highest BCUT2D eigenvalue weighted by Gasteiger charge is 2.56. The summed E-state index contributed by atoms with van der Waals surface area (Å²) in [5.74, 6) is 0.987. The van der Waals surface area contributed by atoms with Crippen LogP contribution in [0, 0.1) is 16.7 Å². The third-order valence-corrected chi connectivity index (χ3v) is 5.08. The van der Waals surface area contributed by atoms with Crippen molar-refractivity contribution in [3.8, 4) is 0 Å². The molecule has 4 bridgehead atoms. The number of ether oxygens (including phenoxy) is 1. The van der Waals surface area contributed by atoms with Crippen molar-refractivity contribution >= 4 is 0 Å². The van der Waals surface area contributed by atoms with Gasteiger partial charge in [0.1, 0.15) is 0 Å². The molecule has 80 valence electrons. The quantitative estimate of drug-likeness (QED) is 0.574. The van der Waals surface area contributed by atoms with E-state index in [1.807, 2.05) is 0 Å². The predicted octanol–water partition coefficient (Wildman–Crippen LogP) is 3.38. The van der Waals surface area contributed by atoms with E-state index in [1.165, 1.54) is 32.1 Å². The highest BCUT2D eigenvalue weighted by atomic mass is 16.5. The van der Waals surface area contributed by atoms with Gasteiger partial charge in [-0.15, -0.1) is 0 Å². The molecule has 4 aliphatic rings. The summed E-state index contributed by atoms with van der Waals surface area (Å²) in [7, 11) is 0. The predicted molar refractivity (Wildman–Crippen MR) is 57.1 cm³/mol. The Hall–Kier alpha value is -0.0400. The van der Waals surface area contributed by atoms with E-state index in [0.29, 0.717) is 23.0 Å². The van der Waals surface area contributed by atoms with Gasteiger partial charge in [0.25, 0.3) is 0 Å². The second-order valence-electron chi connectivity index (χ2n) is 6.86. The molecule has 0 amide bonds. The smallest absolute Gasteiger partial charge is 0.0587 e. The fourth-order valence-corrected chi connectivity index (χ4v) is 4.25. The summed E-state index contributed by atoms with van der Waals surface area (Å²) in [5, 5.41) is 0. The molecule has 2 aliphatic heterocycles. The Labute approximate surface area is 87.2 Å². The van der Waals surface area contributed by atoms with Crippen molar-refractivity contribution in [2.75, 3.05) is 0 Å². The van der Waals surface area contributed by atoms with Crippen molar-refractivity contribution < 1.29 is 4.74 Å². The van der Waals surface area contributed by atoms with Gasteiger partial charge in [0.15, 0.2) is 0 Å². The summed E-state index contributed by atoms with van der Waals surface area (Å²) < 4.78 is 6.04. The van der Waals surface area contributed by atoms with Crippen LogP contribution in [0.15, 0.2) is 0 Å². The molecule has 0 aromatic rings. The summed E-state index contributed by atoms with van der Waals surface area (Å²) in [5.41, 5.74) is 1.09. The van der Waals surface area contributed by atoms with Crippen molar-refractivity contribution in [2.24, 2.45) is 16.7 Å². The summed E-state index contributed by atoms with van der Waals surface area (Å²) >= 11 is 0. The molecule has 2 saturated carbocycles. The van der Waals surface area contributed by atoms with E-state index in [2.05, 4.69) is 20.8 Å². The molecular weight excluding hydrogens is 172 g/mol. The first-order chi connectivity index (χ1) is 6.48. The third-order valence-electron chi connectivity index (χ3n) is 5.08. The van der Waals surface area contributed by atoms with Crippen LogP contribution in [0.5, 0.6) is 0 Å². The Balaban J connectivity index is 1.95. The van der Waals surface area contributed by atoms with E-state index in [9.17, 15) is 0 Å².